The molecule has 0 heterocycles. The fourth-order valence-corrected chi connectivity index (χ4v) is 4.29. The smallest absolute Gasteiger partial charge is 0.429 e. The summed E-state index contributed by atoms with van der Waals surface area (Å²) in [6.45, 7) is 2.08. The Labute approximate surface area is 202 Å². The maximum absolute atomic E-state index is 14.9. The molecule has 0 spiro atoms. The van der Waals surface area contributed by atoms with Crippen LogP contribution in [0.1, 0.15) is 43.2 Å². The third kappa shape index (κ3) is 5.10. The molecule has 0 bridgehead atoms. The Morgan fingerprint density at radius 2 is 1.42 bits per heavy atom. The van der Waals surface area contributed by atoms with Crippen LogP contribution in [0.15, 0.2) is 54.6 Å². The zero-order valence-electron chi connectivity index (χ0n) is 18.9. The second kappa shape index (κ2) is 9.95. The molecule has 190 valence electrons. The zero-order chi connectivity index (χ0) is 26.2. The predicted molar refractivity (Wildman–Crippen MR) is 117 cm³/mol. The highest BCUT2D eigenvalue weighted by Gasteiger charge is 2.41. The van der Waals surface area contributed by atoms with Crippen LogP contribution in [-0.2, 0) is 6.11 Å². The lowest BCUT2D eigenvalue weighted by Gasteiger charge is -2.23. The lowest BCUT2D eigenvalue weighted by molar-refractivity contribution is -0.189. The van der Waals surface area contributed by atoms with E-state index in [0.29, 0.717) is 23.6 Å². The van der Waals surface area contributed by atoms with Gasteiger partial charge in [-0.3, -0.25) is 0 Å². The molecule has 1 aliphatic carbocycles. The van der Waals surface area contributed by atoms with Crippen LogP contribution in [0.2, 0.25) is 0 Å². The lowest BCUT2D eigenvalue weighted by Crippen LogP contribution is -2.25. The van der Waals surface area contributed by atoms with Crippen molar-refractivity contribution in [3.05, 3.63) is 101 Å². The summed E-state index contributed by atoms with van der Waals surface area (Å²) in [6.07, 6.45) is 2.14. The number of rotatable bonds is 6. The van der Waals surface area contributed by atoms with Gasteiger partial charge in [-0.15, -0.1) is 0 Å². The first-order chi connectivity index (χ1) is 17.0. The van der Waals surface area contributed by atoms with Gasteiger partial charge in [0, 0.05) is 23.6 Å². The number of alkyl halides is 2. The van der Waals surface area contributed by atoms with Gasteiger partial charge in [0.2, 0.25) is 0 Å². The van der Waals surface area contributed by atoms with Crippen molar-refractivity contribution in [2.45, 2.75) is 38.2 Å². The first-order valence-electron chi connectivity index (χ1n) is 11.2. The van der Waals surface area contributed by atoms with Crippen molar-refractivity contribution in [3.63, 3.8) is 0 Å². The predicted octanol–water partition coefficient (Wildman–Crippen LogP) is 8.78. The standard InChI is InChI=1S/C27H20F8O/c1-2-14-3-5-15(6-4-14)16-7-8-19(20(28)9-16)17-10-21(29)25(22(30)11-17)27(34,35)36-18-12-23(31)26(33)24(32)13-18/h3,5,7-15H,2,4,6H2,1H3. The van der Waals surface area contributed by atoms with E-state index in [0.717, 1.165) is 19.3 Å². The summed E-state index contributed by atoms with van der Waals surface area (Å²) in [7, 11) is 0. The third-order valence-electron chi connectivity index (χ3n) is 6.26. The van der Waals surface area contributed by atoms with E-state index >= 15 is 0 Å². The number of allylic oxidation sites excluding steroid dienone is 2. The molecular formula is C27H20F8O. The minimum Gasteiger partial charge on any atom is -0.429 e. The number of benzene rings is 3. The highest BCUT2D eigenvalue weighted by atomic mass is 19.3. The Hall–Kier alpha value is -3.36. The van der Waals surface area contributed by atoms with E-state index in [1.54, 1.807) is 6.07 Å². The molecule has 0 saturated carbocycles. The van der Waals surface area contributed by atoms with Crippen LogP contribution >= 0.6 is 0 Å². The van der Waals surface area contributed by atoms with Gasteiger partial charge < -0.3 is 4.74 Å². The quantitative estimate of drug-likeness (QED) is 0.182. The average molecular weight is 512 g/mol. The van der Waals surface area contributed by atoms with Gasteiger partial charge in [0.05, 0.1) is 0 Å². The van der Waals surface area contributed by atoms with Crippen molar-refractivity contribution in [2.75, 3.05) is 0 Å². The Bertz CT molecular complexity index is 1270. The molecule has 3 aromatic rings. The molecule has 0 saturated heterocycles. The molecule has 4 rings (SSSR count). The van der Waals surface area contributed by atoms with Crippen LogP contribution in [0, 0.1) is 40.8 Å². The molecule has 0 N–H and O–H groups in total. The maximum Gasteiger partial charge on any atom is 0.432 e. The minimum atomic E-state index is -4.73. The molecule has 0 radical (unpaired) electrons. The SMILES string of the molecule is CCC1C=CC(c2ccc(-c3cc(F)c(C(F)(F)Oc4cc(F)c(F)c(F)c4)c(F)c3)c(F)c2)CC1. The first kappa shape index (κ1) is 25.7. The van der Waals surface area contributed by atoms with Crippen molar-refractivity contribution in [1.29, 1.82) is 0 Å². The summed E-state index contributed by atoms with van der Waals surface area (Å²) < 4.78 is 117. The van der Waals surface area contributed by atoms with E-state index in [4.69, 9.17) is 0 Å². The van der Waals surface area contributed by atoms with Crippen LogP contribution < -0.4 is 4.74 Å². The van der Waals surface area contributed by atoms with E-state index in [9.17, 15) is 35.1 Å². The topological polar surface area (TPSA) is 9.23 Å². The van der Waals surface area contributed by atoms with Crippen LogP contribution in [0.25, 0.3) is 11.1 Å². The van der Waals surface area contributed by atoms with Crippen molar-refractivity contribution in [1.82, 2.24) is 0 Å². The van der Waals surface area contributed by atoms with Crippen LogP contribution in [-0.4, -0.2) is 0 Å². The summed E-state index contributed by atoms with van der Waals surface area (Å²) in [4.78, 5) is 0. The lowest BCUT2D eigenvalue weighted by atomic mass is 9.83. The minimum absolute atomic E-state index is 0.0100. The van der Waals surface area contributed by atoms with Crippen molar-refractivity contribution in [3.8, 4) is 16.9 Å². The molecule has 9 heteroatoms. The van der Waals surface area contributed by atoms with Crippen LogP contribution in [0.5, 0.6) is 5.75 Å². The summed E-state index contributed by atoms with van der Waals surface area (Å²) in [6, 6.07) is 5.40. The highest BCUT2D eigenvalue weighted by molar-refractivity contribution is 5.65. The average Bonchev–Trinajstić information content (AvgIpc) is 2.81. The number of hydrogen-bond donors (Lipinski definition) is 0. The number of ether oxygens (including phenoxy) is 1. The van der Waals surface area contributed by atoms with Gasteiger partial charge in [-0.25, -0.2) is 26.3 Å². The Kier molecular flexibility index (Phi) is 7.11. The highest BCUT2D eigenvalue weighted by Crippen LogP contribution is 2.39. The molecule has 0 aliphatic heterocycles. The second-order valence-electron chi connectivity index (χ2n) is 8.61. The number of halogens is 8. The molecule has 2 unspecified atom stereocenters. The zero-order valence-corrected chi connectivity index (χ0v) is 18.9. The molecule has 1 aliphatic rings. The molecule has 2 atom stereocenters. The van der Waals surface area contributed by atoms with Gasteiger partial charge in [-0.1, -0.05) is 31.2 Å². The monoisotopic (exact) mass is 512 g/mol. The normalized spacial score (nSPS) is 17.9. The fraction of sp³-hybridized carbons (Fsp3) is 0.259. The van der Waals surface area contributed by atoms with E-state index in [-0.39, 0.29) is 29.2 Å². The van der Waals surface area contributed by atoms with Crippen molar-refractivity contribution in [2.24, 2.45) is 5.92 Å². The Morgan fingerprint density at radius 1 is 0.778 bits per heavy atom. The van der Waals surface area contributed by atoms with Gasteiger partial charge in [-0.05, 0) is 54.5 Å². The van der Waals surface area contributed by atoms with Gasteiger partial charge in [0.15, 0.2) is 17.5 Å². The first-order valence-corrected chi connectivity index (χ1v) is 11.2. The summed E-state index contributed by atoms with van der Waals surface area (Å²) in [5, 5.41) is 0. The summed E-state index contributed by atoms with van der Waals surface area (Å²) in [5.74, 6) is -10.7. The van der Waals surface area contributed by atoms with E-state index in [1.165, 1.54) is 12.1 Å². The number of hydrogen-bond acceptors (Lipinski definition) is 1. The van der Waals surface area contributed by atoms with Crippen LogP contribution in [0.3, 0.4) is 0 Å². The second-order valence-corrected chi connectivity index (χ2v) is 8.61. The van der Waals surface area contributed by atoms with Crippen LogP contribution in [0.4, 0.5) is 35.1 Å². The summed E-state index contributed by atoms with van der Waals surface area (Å²) >= 11 is 0. The fourth-order valence-electron chi connectivity index (χ4n) is 4.29. The van der Waals surface area contributed by atoms with E-state index in [1.807, 2.05) is 6.08 Å². The van der Waals surface area contributed by atoms with Gasteiger partial charge >= 0.3 is 6.11 Å². The van der Waals surface area contributed by atoms with Gasteiger partial charge in [0.25, 0.3) is 0 Å². The molecule has 0 aromatic heterocycles. The Balaban J connectivity index is 1.62. The third-order valence-corrected chi connectivity index (χ3v) is 6.26. The molecule has 3 aromatic carbocycles. The van der Waals surface area contributed by atoms with E-state index in [2.05, 4.69) is 17.7 Å². The molecular weight excluding hydrogens is 492 g/mol. The molecule has 1 nitrogen and oxygen atoms in total. The maximum atomic E-state index is 14.9. The van der Waals surface area contributed by atoms with Gasteiger partial charge in [0.1, 0.15) is 28.8 Å². The molecule has 0 fully saturated rings. The largest absolute Gasteiger partial charge is 0.432 e. The summed E-state index contributed by atoms with van der Waals surface area (Å²) in [5.41, 5.74) is -1.72. The van der Waals surface area contributed by atoms with E-state index < -0.39 is 52.3 Å². The van der Waals surface area contributed by atoms with Gasteiger partial charge in [-0.2, -0.15) is 8.78 Å². The van der Waals surface area contributed by atoms with Crippen molar-refractivity contribution >= 4 is 0 Å². The molecule has 36 heavy (non-hydrogen) atoms. The molecule has 0 amide bonds. The van der Waals surface area contributed by atoms with Crippen molar-refractivity contribution < 1.29 is 39.9 Å². The Morgan fingerprint density at radius 3 is 1.94 bits per heavy atom.